The molecule has 0 aliphatic heterocycles. The highest BCUT2D eigenvalue weighted by molar-refractivity contribution is 7.47. The van der Waals surface area contributed by atoms with Crippen LogP contribution in [-0.2, 0) is 18.4 Å². The zero-order valence-corrected chi connectivity index (χ0v) is 41.2. The Morgan fingerprint density at radius 2 is 0.885 bits per heavy atom. The molecule has 0 aliphatic carbocycles. The van der Waals surface area contributed by atoms with Gasteiger partial charge in [-0.25, -0.2) is 4.57 Å². The van der Waals surface area contributed by atoms with E-state index in [2.05, 4.69) is 31.3 Å². The SMILES string of the molecule is CCCCCCCCCCC/C=C\CCCCCCCC(O)CC(=O)NC(COP(=O)(O)OCCN)C(O)CCCCCCCCCCCCCCCCCCCCCCC. The van der Waals surface area contributed by atoms with E-state index in [0.29, 0.717) is 12.8 Å². The Labute approximate surface area is 378 Å². The summed E-state index contributed by atoms with van der Waals surface area (Å²) in [6, 6.07) is -0.897. The second-order valence-corrected chi connectivity index (χ2v) is 19.7. The summed E-state index contributed by atoms with van der Waals surface area (Å²) in [7, 11) is -4.38. The number of phosphoric ester groups is 1. The van der Waals surface area contributed by atoms with Gasteiger partial charge in [0.25, 0.3) is 0 Å². The molecule has 61 heavy (non-hydrogen) atoms. The number of allylic oxidation sites excluding steroid dienone is 2. The Morgan fingerprint density at radius 3 is 1.26 bits per heavy atom. The minimum atomic E-state index is -4.38. The molecule has 0 saturated heterocycles. The minimum Gasteiger partial charge on any atom is -0.393 e. The number of nitrogens with one attached hydrogen (secondary N) is 1. The molecule has 1 amide bonds. The first kappa shape index (κ1) is 60.2. The van der Waals surface area contributed by atoms with E-state index in [1.54, 1.807) is 0 Å². The molecule has 0 bridgehead atoms. The standard InChI is InChI=1S/C51H103N2O7P/c1-3-5-7-9-11-13-15-17-19-21-23-24-25-27-29-31-33-35-37-39-41-43-50(55)49(47-60-61(57,58)59-45-44-52)53-51(56)46-48(54)42-40-38-36-34-32-30-28-26-22-20-18-16-14-12-10-8-6-4-2/h26,28,48-50,54-55H,3-25,27,29-47,52H2,1-2H3,(H,53,56)(H,57,58)/b28-26-. The number of carbonyl (C=O) groups excluding carboxylic acids is 1. The average molecular weight is 887 g/mol. The van der Waals surface area contributed by atoms with Crippen molar-refractivity contribution in [3.63, 3.8) is 0 Å². The van der Waals surface area contributed by atoms with Gasteiger partial charge in [-0.3, -0.25) is 13.8 Å². The molecule has 0 aromatic carbocycles. The normalized spacial score (nSPS) is 14.4. The van der Waals surface area contributed by atoms with Crippen LogP contribution < -0.4 is 11.1 Å². The maximum absolute atomic E-state index is 12.9. The fourth-order valence-electron chi connectivity index (χ4n) is 8.18. The van der Waals surface area contributed by atoms with E-state index in [0.717, 1.165) is 44.9 Å². The lowest BCUT2D eigenvalue weighted by Crippen LogP contribution is -2.47. The minimum absolute atomic E-state index is 0.0604. The quantitative estimate of drug-likeness (QED) is 0.0230. The van der Waals surface area contributed by atoms with Crippen molar-refractivity contribution in [1.82, 2.24) is 5.32 Å². The fraction of sp³-hybridized carbons (Fsp3) is 0.941. The van der Waals surface area contributed by atoms with Gasteiger partial charge in [-0.15, -0.1) is 0 Å². The van der Waals surface area contributed by atoms with E-state index < -0.39 is 32.0 Å². The molecule has 4 unspecified atom stereocenters. The number of hydrogen-bond donors (Lipinski definition) is 5. The summed E-state index contributed by atoms with van der Waals surface area (Å²) in [4.78, 5) is 22.9. The van der Waals surface area contributed by atoms with Crippen molar-refractivity contribution >= 4 is 13.7 Å². The Hall–Kier alpha value is -0.800. The smallest absolute Gasteiger partial charge is 0.393 e. The van der Waals surface area contributed by atoms with Crippen molar-refractivity contribution < 1.29 is 33.5 Å². The zero-order valence-electron chi connectivity index (χ0n) is 40.3. The topological polar surface area (TPSA) is 151 Å². The van der Waals surface area contributed by atoms with Crippen molar-refractivity contribution in [1.29, 1.82) is 0 Å². The molecule has 4 atom stereocenters. The summed E-state index contributed by atoms with van der Waals surface area (Å²) >= 11 is 0. The fourth-order valence-corrected chi connectivity index (χ4v) is 8.94. The number of unbranched alkanes of at least 4 members (excludes halogenated alkanes) is 34. The predicted molar refractivity (Wildman–Crippen MR) is 260 cm³/mol. The van der Waals surface area contributed by atoms with Gasteiger partial charge in [-0.05, 0) is 38.5 Å². The summed E-state index contributed by atoms with van der Waals surface area (Å²) in [5.74, 6) is -0.413. The van der Waals surface area contributed by atoms with Gasteiger partial charge in [-0.2, -0.15) is 0 Å². The molecule has 0 aromatic rings. The van der Waals surface area contributed by atoms with Crippen LogP contribution in [0.3, 0.4) is 0 Å². The Bertz CT molecular complexity index is 987. The number of hydrogen-bond acceptors (Lipinski definition) is 7. The summed E-state index contributed by atoms with van der Waals surface area (Å²) in [5.41, 5.74) is 5.39. The average Bonchev–Trinajstić information content (AvgIpc) is 3.24. The molecule has 364 valence electrons. The Morgan fingerprint density at radius 1 is 0.541 bits per heavy atom. The molecule has 9 nitrogen and oxygen atoms in total. The van der Waals surface area contributed by atoms with Gasteiger partial charge in [0, 0.05) is 6.54 Å². The second kappa shape index (κ2) is 47.2. The van der Waals surface area contributed by atoms with Crippen LogP contribution in [0.4, 0.5) is 0 Å². The number of rotatable bonds is 50. The third-order valence-corrected chi connectivity index (χ3v) is 13.2. The van der Waals surface area contributed by atoms with E-state index in [9.17, 15) is 24.5 Å². The predicted octanol–water partition coefficient (Wildman–Crippen LogP) is 14.5. The van der Waals surface area contributed by atoms with Gasteiger partial charge < -0.3 is 26.2 Å². The first-order chi connectivity index (χ1) is 29.8. The first-order valence-corrected chi connectivity index (χ1v) is 27.9. The van der Waals surface area contributed by atoms with Gasteiger partial charge in [0.2, 0.25) is 5.91 Å². The largest absolute Gasteiger partial charge is 0.472 e. The highest BCUT2D eigenvalue weighted by atomic mass is 31.2. The van der Waals surface area contributed by atoms with Crippen molar-refractivity contribution in [2.75, 3.05) is 19.8 Å². The van der Waals surface area contributed by atoms with Gasteiger partial charge in [0.15, 0.2) is 0 Å². The number of nitrogens with two attached hydrogens (primary N) is 1. The van der Waals surface area contributed by atoms with Crippen LogP contribution >= 0.6 is 7.82 Å². The molecule has 0 aliphatic rings. The molecule has 0 radical (unpaired) electrons. The maximum Gasteiger partial charge on any atom is 0.472 e. The van der Waals surface area contributed by atoms with E-state index in [1.165, 1.54) is 193 Å². The van der Waals surface area contributed by atoms with Gasteiger partial charge in [0.05, 0.1) is 37.9 Å². The Kier molecular flexibility index (Phi) is 46.6. The van der Waals surface area contributed by atoms with E-state index >= 15 is 0 Å². The van der Waals surface area contributed by atoms with E-state index in [4.69, 9.17) is 14.8 Å². The third-order valence-electron chi connectivity index (χ3n) is 12.2. The summed E-state index contributed by atoms with van der Waals surface area (Å²) in [6.45, 7) is 4.09. The van der Waals surface area contributed by atoms with Gasteiger partial charge in [-0.1, -0.05) is 238 Å². The highest BCUT2D eigenvalue weighted by Gasteiger charge is 2.28. The van der Waals surface area contributed by atoms with Crippen molar-refractivity contribution in [2.24, 2.45) is 5.73 Å². The van der Waals surface area contributed by atoms with Crippen LogP contribution in [0.25, 0.3) is 0 Å². The lowest BCUT2D eigenvalue weighted by Gasteiger charge is -2.25. The number of carbonyl (C=O) groups is 1. The molecule has 0 spiro atoms. The summed E-state index contributed by atoms with van der Waals surface area (Å²) < 4.78 is 22.2. The molecule has 0 aromatic heterocycles. The van der Waals surface area contributed by atoms with Crippen LogP contribution in [0.5, 0.6) is 0 Å². The van der Waals surface area contributed by atoms with Crippen molar-refractivity contribution in [3.8, 4) is 0 Å². The van der Waals surface area contributed by atoms with Gasteiger partial charge >= 0.3 is 7.82 Å². The lowest BCUT2D eigenvalue weighted by atomic mass is 10.0. The van der Waals surface area contributed by atoms with Crippen LogP contribution in [-0.4, -0.2) is 59.0 Å². The monoisotopic (exact) mass is 887 g/mol. The molecule has 0 heterocycles. The molecule has 0 saturated carbocycles. The van der Waals surface area contributed by atoms with Crippen molar-refractivity contribution in [3.05, 3.63) is 12.2 Å². The Balaban J connectivity index is 4.13. The van der Waals surface area contributed by atoms with Crippen LogP contribution in [0, 0.1) is 0 Å². The maximum atomic E-state index is 12.9. The summed E-state index contributed by atoms with van der Waals surface area (Å²) in [6.07, 6.45) is 51.2. The molecular weight excluding hydrogens is 784 g/mol. The van der Waals surface area contributed by atoms with E-state index in [-0.39, 0.29) is 26.2 Å². The molecule has 0 fully saturated rings. The van der Waals surface area contributed by atoms with Gasteiger partial charge in [0.1, 0.15) is 0 Å². The molecular formula is C51H103N2O7P. The van der Waals surface area contributed by atoms with Crippen molar-refractivity contribution in [2.45, 2.75) is 289 Å². The zero-order chi connectivity index (χ0) is 44.8. The number of phosphoric acid groups is 1. The van der Waals surface area contributed by atoms with Crippen LogP contribution in [0.15, 0.2) is 12.2 Å². The summed E-state index contributed by atoms with van der Waals surface area (Å²) in [5, 5.41) is 24.3. The highest BCUT2D eigenvalue weighted by Crippen LogP contribution is 2.43. The first-order valence-electron chi connectivity index (χ1n) is 26.4. The number of amides is 1. The second-order valence-electron chi connectivity index (χ2n) is 18.3. The number of aliphatic hydroxyl groups is 2. The molecule has 0 rings (SSSR count). The van der Waals surface area contributed by atoms with Crippen LogP contribution in [0.2, 0.25) is 0 Å². The van der Waals surface area contributed by atoms with E-state index in [1.807, 2.05) is 0 Å². The molecule has 6 N–H and O–H groups in total. The molecule has 10 heteroatoms. The third kappa shape index (κ3) is 45.6. The number of aliphatic hydroxyl groups excluding tert-OH is 2. The lowest BCUT2D eigenvalue weighted by molar-refractivity contribution is -0.125. The van der Waals surface area contributed by atoms with Crippen LogP contribution in [0.1, 0.15) is 271 Å².